The predicted octanol–water partition coefficient (Wildman–Crippen LogP) is 15.9. The van der Waals surface area contributed by atoms with Gasteiger partial charge in [0.25, 0.3) is 0 Å². The Kier molecular flexibility index (Phi) is 7.73. The van der Waals surface area contributed by atoms with E-state index in [1.807, 2.05) is 11.3 Å². The van der Waals surface area contributed by atoms with Gasteiger partial charge in [-0.3, -0.25) is 0 Å². The number of benzene rings is 9. The summed E-state index contributed by atoms with van der Waals surface area (Å²) in [5.74, 6) is 0. The second kappa shape index (κ2) is 13.3. The van der Waals surface area contributed by atoms with E-state index < -0.39 is 5.41 Å². The van der Waals surface area contributed by atoms with Crippen LogP contribution < -0.4 is 4.90 Å². The van der Waals surface area contributed by atoms with E-state index in [0.717, 1.165) is 17.1 Å². The highest BCUT2D eigenvalue weighted by Gasteiger charge is 2.46. The minimum Gasteiger partial charge on any atom is -0.310 e. The van der Waals surface area contributed by atoms with Crippen molar-refractivity contribution in [1.82, 2.24) is 0 Å². The van der Waals surface area contributed by atoms with Gasteiger partial charge in [0.05, 0.1) is 5.41 Å². The average Bonchev–Trinajstić information content (AvgIpc) is 3.90. The summed E-state index contributed by atoms with van der Waals surface area (Å²) in [5.41, 5.74) is 18.3. The SMILES string of the molecule is CC1(C)c2ccccc2-c2ccc(N(c3ccc4c(c3)C(c3ccccc3)(c3ccc(-c5ccccc5)cc3)c3ccccc3-4)c3ccc4sc5ccccc5c4c3)cc21. The summed E-state index contributed by atoms with van der Waals surface area (Å²) >= 11 is 1.87. The van der Waals surface area contributed by atoms with E-state index in [4.69, 9.17) is 0 Å². The molecule has 1 aromatic heterocycles. The first-order valence-corrected chi connectivity index (χ1v) is 21.7. The van der Waals surface area contributed by atoms with Gasteiger partial charge in [-0.1, -0.05) is 178 Å². The van der Waals surface area contributed by atoms with Gasteiger partial charge < -0.3 is 4.90 Å². The first-order chi connectivity index (χ1) is 29.5. The molecule has 1 nitrogen and oxygen atoms in total. The quantitative estimate of drug-likeness (QED) is 0.162. The molecule has 2 heteroatoms. The van der Waals surface area contributed by atoms with Crippen LogP contribution in [-0.2, 0) is 10.8 Å². The first-order valence-electron chi connectivity index (χ1n) is 20.9. The Bertz CT molecular complexity index is 3280. The molecule has 10 aromatic rings. The van der Waals surface area contributed by atoms with Crippen LogP contribution in [0.25, 0.3) is 53.6 Å². The Labute approximate surface area is 355 Å². The zero-order valence-electron chi connectivity index (χ0n) is 33.6. The van der Waals surface area contributed by atoms with Crippen LogP contribution in [0.15, 0.2) is 212 Å². The van der Waals surface area contributed by atoms with Gasteiger partial charge in [0.2, 0.25) is 0 Å². The summed E-state index contributed by atoms with van der Waals surface area (Å²) in [6, 6.07) is 79.4. The van der Waals surface area contributed by atoms with Gasteiger partial charge in [0.15, 0.2) is 0 Å². The molecular weight excluding hydrogens is 743 g/mol. The second-order valence-electron chi connectivity index (χ2n) is 16.8. The molecule has 2 aliphatic rings. The molecule has 284 valence electrons. The number of thiophene rings is 1. The maximum Gasteiger partial charge on any atom is 0.0714 e. The second-order valence-corrected chi connectivity index (χ2v) is 17.9. The van der Waals surface area contributed by atoms with E-state index in [9.17, 15) is 0 Å². The fourth-order valence-electron chi connectivity index (χ4n) is 10.6. The number of rotatable bonds is 6. The molecule has 1 atom stereocenters. The third-order valence-corrected chi connectivity index (χ3v) is 14.5. The lowest BCUT2D eigenvalue weighted by Gasteiger charge is -2.35. The highest BCUT2D eigenvalue weighted by atomic mass is 32.1. The molecule has 0 saturated heterocycles. The highest BCUT2D eigenvalue weighted by molar-refractivity contribution is 7.25. The van der Waals surface area contributed by atoms with Crippen LogP contribution >= 0.6 is 11.3 Å². The number of hydrogen-bond acceptors (Lipinski definition) is 2. The minimum atomic E-state index is -0.542. The molecule has 0 bridgehead atoms. The molecule has 0 fully saturated rings. The van der Waals surface area contributed by atoms with Gasteiger partial charge in [-0.05, 0) is 115 Å². The molecular formula is C58H41NS. The monoisotopic (exact) mass is 783 g/mol. The fraction of sp³-hybridized carbons (Fsp3) is 0.0690. The summed E-state index contributed by atoms with van der Waals surface area (Å²) < 4.78 is 2.62. The van der Waals surface area contributed by atoms with E-state index >= 15 is 0 Å². The number of anilines is 3. The fourth-order valence-corrected chi connectivity index (χ4v) is 11.6. The van der Waals surface area contributed by atoms with Crippen molar-refractivity contribution in [2.75, 3.05) is 4.90 Å². The number of hydrogen-bond donors (Lipinski definition) is 0. The van der Waals surface area contributed by atoms with Gasteiger partial charge in [0, 0.05) is 42.6 Å². The van der Waals surface area contributed by atoms with Crippen LogP contribution in [0.1, 0.15) is 47.2 Å². The van der Waals surface area contributed by atoms with E-state index in [0.29, 0.717) is 0 Å². The molecule has 1 heterocycles. The standard InChI is InChI=1S/C58H41NS/c1-57(2)51-22-12-9-19-45(51)47-32-29-43(36-53(47)57)59(42-31-34-56-50(35-42)49-21-11-14-24-55(49)60-56)44-30-33-48-46-20-10-13-23-52(46)58(54(48)37-44,40-17-7-4-8-18-40)41-27-25-39(26-28-41)38-15-5-3-6-16-38/h3-37H,1-2H3. The van der Waals surface area contributed by atoms with Crippen molar-refractivity contribution in [2.24, 2.45) is 0 Å². The zero-order chi connectivity index (χ0) is 40.0. The van der Waals surface area contributed by atoms with Crippen molar-refractivity contribution in [2.45, 2.75) is 24.7 Å². The maximum atomic E-state index is 2.50. The molecule has 9 aromatic carbocycles. The van der Waals surface area contributed by atoms with Crippen LogP contribution in [0.4, 0.5) is 17.1 Å². The van der Waals surface area contributed by atoms with Gasteiger partial charge in [0.1, 0.15) is 0 Å². The van der Waals surface area contributed by atoms with Gasteiger partial charge in [-0.25, -0.2) is 0 Å². The lowest BCUT2D eigenvalue weighted by Crippen LogP contribution is -2.28. The van der Waals surface area contributed by atoms with Crippen molar-refractivity contribution >= 4 is 48.6 Å². The van der Waals surface area contributed by atoms with Crippen molar-refractivity contribution in [3.05, 3.63) is 246 Å². The summed E-state index contributed by atoms with van der Waals surface area (Å²) in [6.07, 6.45) is 0. The van der Waals surface area contributed by atoms with Crippen LogP contribution in [-0.4, -0.2) is 0 Å². The average molecular weight is 784 g/mol. The Hall–Kier alpha value is -7.00. The molecule has 0 spiro atoms. The van der Waals surface area contributed by atoms with Crippen LogP contribution in [0, 0.1) is 0 Å². The van der Waals surface area contributed by atoms with Crippen molar-refractivity contribution in [3.63, 3.8) is 0 Å². The van der Waals surface area contributed by atoms with Crippen LogP contribution in [0.2, 0.25) is 0 Å². The molecule has 0 aliphatic heterocycles. The van der Waals surface area contributed by atoms with Gasteiger partial charge >= 0.3 is 0 Å². The summed E-state index contributed by atoms with van der Waals surface area (Å²) in [5, 5.41) is 2.59. The Morgan fingerprint density at radius 1 is 0.350 bits per heavy atom. The van der Waals surface area contributed by atoms with Gasteiger partial charge in [-0.15, -0.1) is 11.3 Å². The zero-order valence-corrected chi connectivity index (χ0v) is 34.4. The Balaban J connectivity index is 1.11. The maximum absolute atomic E-state index is 2.50. The van der Waals surface area contributed by atoms with Crippen molar-refractivity contribution < 1.29 is 0 Å². The molecule has 2 aliphatic carbocycles. The third kappa shape index (κ3) is 5.04. The van der Waals surface area contributed by atoms with Crippen LogP contribution in [0.3, 0.4) is 0 Å². The van der Waals surface area contributed by atoms with Crippen molar-refractivity contribution in [1.29, 1.82) is 0 Å². The normalized spacial score (nSPS) is 15.7. The first kappa shape index (κ1) is 35.0. The van der Waals surface area contributed by atoms with E-state index in [1.165, 1.54) is 86.9 Å². The predicted molar refractivity (Wildman–Crippen MR) is 254 cm³/mol. The molecule has 12 rings (SSSR count). The van der Waals surface area contributed by atoms with E-state index in [-0.39, 0.29) is 5.41 Å². The summed E-state index contributed by atoms with van der Waals surface area (Å²) in [7, 11) is 0. The largest absolute Gasteiger partial charge is 0.310 e. The van der Waals surface area contributed by atoms with E-state index in [1.54, 1.807) is 0 Å². The molecule has 60 heavy (non-hydrogen) atoms. The van der Waals surface area contributed by atoms with Gasteiger partial charge in [-0.2, -0.15) is 0 Å². The Morgan fingerprint density at radius 3 is 1.60 bits per heavy atom. The topological polar surface area (TPSA) is 3.24 Å². The third-order valence-electron chi connectivity index (χ3n) is 13.4. The molecule has 0 radical (unpaired) electrons. The molecule has 0 N–H and O–H groups in total. The number of nitrogens with zero attached hydrogens (tertiary/aromatic N) is 1. The molecule has 1 unspecified atom stereocenters. The smallest absolute Gasteiger partial charge is 0.0714 e. The molecule has 0 saturated carbocycles. The minimum absolute atomic E-state index is 0.130. The lowest BCUT2D eigenvalue weighted by atomic mass is 9.67. The lowest BCUT2D eigenvalue weighted by molar-refractivity contribution is 0.660. The molecule has 0 amide bonds. The Morgan fingerprint density at radius 2 is 0.850 bits per heavy atom. The highest BCUT2D eigenvalue weighted by Crippen LogP contribution is 2.58. The van der Waals surface area contributed by atoms with E-state index in [2.05, 4.69) is 231 Å². The van der Waals surface area contributed by atoms with Crippen LogP contribution in [0.5, 0.6) is 0 Å². The summed E-state index contributed by atoms with van der Waals surface area (Å²) in [6.45, 7) is 4.75. The summed E-state index contributed by atoms with van der Waals surface area (Å²) in [4.78, 5) is 2.50. The van der Waals surface area contributed by atoms with Crippen molar-refractivity contribution in [3.8, 4) is 33.4 Å². The number of fused-ring (bicyclic) bond motifs is 9.